The van der Waals surface area contributed by atoms with Crippen LogP contribution in [0, 0.1) is 11.3 Å². The van der Waals surface area contributed by atoms with Crippen LogP contribution in [0.3, 0.4) is 0 Å². The summed E-state index contributed by atoms with van der Waals surface area (Å²) in [7, 11) is 0. The number of aliphatic hydroxyl groups excluding tert-OH is 1. The first-order valence-electron chi connectivity index (χ1n) is 5.47. The third kappa shape index (κ3) is 1.31. The second-order valence-corrected chi connectivity index (χ2v) is 5.32. The van der Waals surface area contributed by atoms with E-state index in [9.17, 15) is 5.11 Å². The van der Waals surface area contributed by atoms with E-state index in [2.05, 4.69) is 25.7 Å². The minimum absolute atomic E-state index is 0.0711. The van der Waals surface area contributed by atoms with Crippen molar-refractivity contribution >= 4 is 0 Å². The van der Waals surface area contributed by atoms with E-state index in [1.807, 2.05) is 0 Å². The third-order valence-corrected chi connectivity index (χ3v) is 4.17. The molecule has 1 aliphatic carbocycles. The predicted molar refractivity (Wildman–Crippen MR) is 53.5 cm³/mol. The van der Waals surface area contributed by atoms with Crippen LogP contribution in [-0.4, -0.2) is 35.2 Å². The SMILES string of the molecule is CCC1CN(C2CC(O)C2(C)C)C1. The monoisotopic (exact) mass is 183 g/mol. The Morgan fingerprint density at radius 2 is 2.00 bits per heavy atom. The standard InChI is InChI=1S/C11H21NO/c1-4-8-6-12(7-8)9-5-10(13)11(9,2)3/h8-10,13H,4-7H2,1-3H3. The Bertz CT molecular complexity index is 196. The Morgan fingerprint density at radius 3 is 2.38 bits per heavy atom. The molecule has 1 saturated carbocycles. The fraction of sp³-hybridized carbons (Fsp3) is 1.00. The van der Waals surface area contributed by atoms with Gasteiger partial charge in [0.2, 0.25) is 0 Å². The van der Waals surface area contributed by atoms with E-state index in [4.69, 9.17) is 0 Å². The molecular weight excluding hydrogens is 162 g/mol. The highest BCUT2D eigenvalue weighted by molar-refractivity contribution is 5.05. The van der Waals surface area contributed by atoms with Gasteiger partial charge in [-0.05, 0) is 12.3 Å². The molecule has 0 bridgehead atoms. The molecule has 2 nitrogen and oxygen atoms in total. The Hall–Kier alpha value is -0.0800. The first kappa shape index (κ1) is 9.47. The molecule has 0 radical (unpaired) electrons. The summed E-state index contributed by atoms with van der Waals surface area (Å²) in [6, 6.07) is 0.644. The summed E-state index contributed by atoms with van der Waals surface area (Å²) in [5.74, 6) is 0.925. The molecule has 2 fully saturated rings. The molecule has 1 saturated heterocycles. The van der Waals surface area contributed by atoms with Crippen molar-refractivity contribution in [2.45, 2.75) is 45.8 Å². The van der Waals surface area contributed by atoms with Crippen molar-refractivity contribution in [3.05, 3.63) is 0 Å². The summed E-state index contributed by atoms with van der Waals surface area (Å²) < 4.78 is 0. The van der Waals surface area contributed by atoms with E-state index in [-0.39, 0.29) is 11.5 Å². The number of rotatable bonds is 2. The summed E-state index contributed by atoms with van der Waals surface area (Å²) >= 11 is 0. The van der Waals surface area contributed by atoms with Crippen LogP contribution in [-0.2, 0) is 0 Å². The lowest BCUT2D eigenvalue weighted by Crippen LogP contribution is -2.66. The summed E-state index contributed by atoms with van der Waals surface area (Å²) in [5, 5.41) is 9.61. The highest BCUT2D eigenvalue weighted by Crippen LogP contribution is 2.46. The summed E-state index contributed by atoms with van der Waals surface area (Å²) in [4.78, 5) is 2.54. The van der Waals surface area contributed by atoms with Crippen LogP contribution in [0.4, 0.5) is 0 Å². The van der Waals surface area contributed by atoms with Crippen LogP contribution < -0.4 is 0 Å². The Morgan fingerprint density at radius 1 is 1.38 bits per heavy atom. The minimum atomic E-state index is -0.0711. The molecule has 0 amide bonds. The lowest BCUT2D eigenvalue weighted by Gasteiger charge is -2.58. The molecule has 76 valence electrons. The highest BCUT2D eigenvalue weighted by Gasteiger charge is 2.52. The van der Waals surface area contributed by atoms with Crippen LogP contribution >= 0.6 is 0 Å². The summed E-state index contributed by atoms with van der Waals surface area (Å²) in [6.45, 7) is 9.16. The highest BCUT2D eigenvalue weighted by atomic mass is 16.3. The van der Waals surface area contributed by atoms with E-state index in [1.165, 1.54) is 19.5 Å². The molecule has 2 unspecified atom stereocenters. The van der Waals surface area contributed by atoms with Crippen LogP contribution in [0.2, 0.25) is 0 Å². The summed E-state index contributed by atoms with van der Waals surface area (Å²) in [5.41, 5.74) is 0.138. The number of likely N-dealkylation sites (tertiary alicyclic amines) is 1. The van der Waals surface area contributed by atoms with Crippen molar-refractivity contribution in [3.63, 3.8) is 0 Å². The zero-order valence-electron chi connectivity index (χ0n) is 8.95. The van der Waals surface area contributed by atoms with Gasteiger partial charge in [-0.15, -0.1) is 0 Å². The molecule has 2 atom stereocenters. The molecular formula is C11H21NO. The largest absolute Gasteiger partial charge is 0.392 e. The third-order valence-electron chi connectivity index (χ3n) is 4.17. The molecule has 0 aromatic carbocycles. The second kappa shape index (κ2) is 2.96. The number of aliphatic hydroxyl groups is 1. The Balaban J connectivity index is 1.85. The van der Waals surface area contributed by atoms with Crippen LogP contribution in [0.5, 0.6) is 0 Å². The van der Waals surface area contributed by atoms with E-state index >= 15 is 0 Å². The van der Waals surface area contributed by atoms with Crippen LogP contribution in [0.1, 0.15) is 33.6 Å². The Kier molecular flexibility index (Phi) is 2.16. The average molecular weight is 183 g/mol. The van der Waals surface area contributed by atoms with Crippen molar-refractivity contribution in [3.8, 4) is 0 Å². The lowest BCUT2D eigenvalue weighted by molar-refractivity contribution is -0.147. The zero-order valence-corrected chi connectivity index (χ0v) is 8.95. The van der Waals surface area contributed by atoms with Gasteiger partial charge in [0.1, 0.15) is 0 Å². The van der Waals surface area contributed by atoms with E-state index < -0.39 is 0 Å². The molecule has 2 aliphatic rings. The van der Waals surface area contributed by atoms with Gasteiger partial charge in [0.15, 0.2) is 0 Å². The summed E-state index contributed by atoms with van der Waals surface area (Å²) in [6.07, 6.45) is 2.23. The minimum Gasteiger partial charge on any atom is -0.392 e. The average Bonchev–Trinajstić information content (AvgIpc) is 2.01. The van der Waals surface area contributed by atoms with Gasteiger partial charge in [0.05, 0.1) is 6.10 Å². The van der Waals surface area contributed by atoms with Gasteiger partial charge < -0.3 is 5.11 Å². The maximum absolute atomic E-state index is 9.61. The van der Waals surface area contributed by atoms with Gasteiger partial charge >= 0.3 is 0 Å². The second-order valence-electron chi connectivity index (χ2n) is 5.32. The quantitative estimate of drug-likeness (QED) is 0.701. The van der Waals surface area contributed by atoms with E-state index in [1.54, 1.807) is 0 Å². The smallest absolute Gasteiger partial charge is 0.0621 e. The first-order valence-corrected chi connectivity index (χ1v) is 5.47. The maximum atomic E-state index is 9.61. The van der Waals surface area contributed by atoms with Gasteiger partial charge in [-0.2, -0.15) is 0 Å². The molecule has 1 N–H and O–H groups in total. The van der Waals surface area contributed by atoms with Gasteiger partial charge in [-0.1, -0.05) is 27.2 Å². The molecule has 2 rings (SSSR count). The molecule has 0 aromatic rings. The normalized spacial score (nSPS) is 39.7. The zero-order chi connectivity index (χ0) is 9.64. The van der Waals surface area contributed by atoms with Crippen LogP contribution in [0.25, 0.3) is 0 Å². The van der Waals surface area contributed by atoms with Gasteiger partial charge in [-0.25, -0.2) is 0 Å². The lowest BCUT2D eigenvalue weighted by atomic mass is 9.63. The number of hydrogen-bond donors (Lipinski definition) is 1. The first-order chi connectivity index (χ1) is 6.05. The number of nitrogens with zero attached hydrogens (tertiary/aromatic N) is 1. The van der Waals surface area contributed by atoms with Crippen molar-refractivity contribution in [1.29, 1.82) is 0 Å². The van der Waals surface area contributed by atoms with Crippen molar-refractivity contribution < 1.29 is 5.11 Å². The molecule has 0 spiro atoms. The molecule has 1 heterocycles. The van der Waals surface area contributed by atoms with Gasteiger partial charge in [0.25, 0.3) is 0 Å². The molecule has 13 heavy (non-hydrogen) atoms. The maximum Gasteiger partial charge on any atom is 0.0621 e. The van der Waals surface area contributed by atoms with Gasteiger partial charge in [-0.3, -0.25) is 4.90 Å². The van der Waals surface area contributed by atoms with Crippen molar-refractivity contribution in [2.24, 2.45) is 11.3 Å². The van der Waals surface area contributed by atoms with Crippen molar-refractivity contribution in [1.82, 2.24) is 4.90 Å². The molecule has 2 heteroatoms. The molecule has 1 aliphatic heterocycles. The van der Waals surface area contributed by atoms with Gasteiger partial charge in [0, 0.05) is 24.5 Å². The van der Waals surface area contributed by atoms with E-state index in [0.717, 1.165) is 12.3 Å². The predicted octanol–water partition coefficient (Wildman–Crippen LogP) is 1.49. The number of hydrogen-bond acceptors (Lipinski definition) is 2. The fourth-order valence-corrected chi connectivity index (χ4v) is 2.62. The van der Waals surface area contributed by atoms with Crippen LogP contribution in [0.15, 0.2) is 0 Å². The van der Waals surface area contributed by atoms with Crippen molar-refractivity contribution in [2.75, 3.05) is 13.1 Å². The Labute approximate surface area is 80.9 Å². The fourth-order valence-electron chi connectivity index (χ4n) is 2.62. The van der Waals surface area contributed by atoms with E-state index in [0.29, 0.717) is 6.04 Å². The molecule has 0 aromatic heterocycles. The topological polar surface area (TPSA) is 23.5 Å².